The Morgan fingerprint density at radius 2 is 1.69 bits per heavy atom. The van der Waals surface area contributed by atoms with Crippen LogP contribution >= 0.6 is 0 Å². The second-order valence-corrected chi connectivity index (χ2v) is 5.84. The fourth-order valence-electron chi connectivity index (χ4n) is 4.77. The van der Waals surface area contributed by atoms with Crippen LogP contribution in [-0.4, -0.2) is 23.3 Å². The van der Waals surface area contributed by atoms with Gasteiger partial charge in [-0.1, -0.05) is 0 Å². The average Bonchev–Trinajstić information content (AvgIpc) is 2.22. The summed E-state index contributed by atoms with van der Waals surface area (Å²) in [7, 11) is 0. The van der Waals surface area contributed by atoms with E-state index in [4.69, 9.17) is 4.74 Å². The number of carbonyl (C=O) groups is 1. The van der Waals surface area contributed by atoms with Crippen molar-refractivity contribution in [1.82, 2.24) is 0 Å². The molecule has 0 aliphatic heterocycles. The molecule has 4 aliphatic carbocycles. The van der Waals surface area contributed by atoms with Crippen LogP contribution in [0.3, 0.4) is 0 Å². The molecule has 0 amide bonds. The Labute approximate surface area is 96.2 Å². The molecule has 0 aromatic carbocycles. The standard InChI is InChI=1S/C13H20O3/c1-2-16-13(12(14)15)10-4-8-3-9(6-10)7-11(13)5-8/h8-11H,2-7H2,1H3,(H,14,15). The maximum atomic E-state index is 11.7. The molecule has 1 N–H and O–H groups in total. The molecular formula is C13H20O3. The van der Waals surface area contributed by atoms with Crippen LogP contribution in [0.25, 0.3) is 0 Å². The number of carboxylic acids is 1. The summed E-state index contributed by atoms with van der Waals surface area (Å²) in [6, 6.07) is 0. The highest BCUT2D eigenvalue weighted by atomic mass is 16.5. The van der Waals surface area contributed by atoms with Gasteiger partial charge in [-0.3, -0.25) is 0 Å². The minimum atomic E-state index is -0.831. The van der Waals surface area contributed by atoms with E-state index in [0.717, 1.165) is 37.5 Å². The van der Waals surface area contributed by atoms with Gasteiger partial charge in [0.15, 0.2) is 5.60 Å². The number of carboxylic acid groups (broad SMARTS) is 1. The van der Waals surface area contributed by atoms with E-state index >= 15 is 0 Å². The van der Waals surface area contributed by atoms with Gasteiger partial charge < -0.3 is 9.84 Å². The third kappa shape index (κ3) is 1.21. The smallest absolute Gasteiger partial charge is 0.336 e. The van der Waals surface area contributed by atoms with E-state index in [1.807, 2.05) is 6.92 Å². The van der Waals surface area contributed by atoms with Crippen molar-refractivity contribution in [3.63, 3.8) is 0 Å². The summed E-state index contributed by atoms with van der Waals surface area (Å²) in [6.45, 7) is 2.43. The SMILES string of the molecule is CCOC1(C(=O)O)C2CC3CC(C2)CC1C3. The average molecular weight is 224 g/mol. The van der Waals surface area contributed by atoms with Crippen molar-refractivity contribution in [1.29, 1.82) is 0 Å². The molecule has 4 saturated carbocycles. The van der Waals surface area contributed by atoms with Gasteiger partial charge in [0.2, 0.25) is 0 Å². The van der Waals surface area contributed by atoms with Crippen molar-refractivity contribution < 1.29 is 14.6 Å². The summed E-state index contributed by atoms with van der Waals surface area (Å²) in [4.78, 5) is 11.7. The Hall–Kier alpha value is -0.570. The Morgan fingerprint density at radius 1 is 1.19 bits per heavy atom. The Morgan fingerprint density at radius 3 is 2.06 bits per heavy atom. The van der Waals surface area contributed by atoms with Crippen molar-refractivity contribution >= 4 is 5.97 Å². The summed E-state index contributed by atoms with van der Waals surface area (Å²) in [5.41, 5.74) is -0.831. The van der Waals surface area contributed by atoms with Gasteiger partial charge in [0.1, 0.15) is 0 Å². The molecule has 90 valence electrons. The summed E-state index contributed by atoms with van der Waals surface area (Å²) in [5, 5.41) is 9.60. The Balaban J connectivity index is 1.96. The summed E-state index contributed by atoms with van der Waals surface area (Å²) in [5.74, 6) is 1.43. The van der Waals surface area contributed by atoms with E-state index in [1.54, 1.807) is 0 Å². The molecule has 4 aliphatic rings. The van der Waals surface area contributed by atoms with E-state index in [1.165, 1.54) is 6.42 Å². The molecule has 0 atom stereocenters. The molecule has 16 heavy (non-hydrogen) atoms. The van der Waals surface area contributed by atoms with E-state index in [9.17, 15) is 9.90 Å². The van der Waals surface area contributed by atoms with Gasteiger partial charge in [0.25, 0.3) is 0 Å². The van der Waals surface area contributed by atoms with Crippen molar-refractivity contribution in [2.45, 2.75) is 44.6 Å². The fraction of sp³-hybridized carbons (Fsp3) is 0.923. The molecule has 0 aromatic heterocycles. The number of ether oxygens (including phenoxy) is 1. The Kier molecular flexibility index (Phi) is 2.29. The van der Waals surface area contributed by atoms with Gasteiger partial charge >= 0.3 is 5.97 Å². The van der Waals surface area contributed by atoms with Crippen LogP contribution in [-0.2, 0) is 9.53 Å². The zero-order chi connectivity index (χ0) is 11.3. The maximum absolute atomic E-state index is 11.7. The van der Waals surface area contributed by atoms with Crippen LogP contribution in [0.4, 0.5) is 0 Å². The number of rotatable bonds is 3. The molecule has 4 rings (SSSR count). The van der Waals surface area contributed by atoms with E-state index in [-0.39, 0.29) is 11.8 Å². The first-order chi connectivity index (χ1) is 7.66. The molecule has 3 heteroatoms. The highest BCUT2D eigenvalue weighted by Gasteiger charge is 2.62. The summed E-state index contributed by atoms with van der Waals surface area (Å²) in [6.07, 6.45) is 5.67. The van der Waals surface area contributed by atoms with Gasteiger partial charge in [-0.05, 0) is 62.7 Å². The van der Waals surface area contributed by atoms with E-state index in [2.05, 4.69) is 0 Å². The number of aliphatic carboxylic acids is 1. The van der Waals surface area contributed by atoms with Crippen LogP contribution in [0.15, 0.2) is 0 Å². The van der Waals surface area contributed by atoms with E-state index < -0.39 is 11.6 Å². The largest absolute Gasteiger partial charge is 0.479 e. The Bertz CT molecular complexity index is 282. The lowest BCUT2D eigenvalue weighted by Crippen LogP contribution is -2.63. The molecule has 0 heterocycles. The van der Waals surface area contributed by atoms with Gasteiger partial charge in [0, 0.05) is 6.61 Å². The van der Waals surface area contributed by atoms with Gasteiger partial charge in [-0.25, -0.2) is 4.79 Å². The van der Waals surface area contributed by atoms with Crippen molar-refractivity contribution in [3.8, 4) is 0 Å². The maximum Gasteiger partial charge on any atom is 0.336 e. The van der Waals surface area contributed by atoms with Gasteiger partial charge in [-0.15, -0.1) is 0 Å². The molecular weight excluding hydrogens is 204 g/mol. The minimum Gasteiger partial charge on any atom is -0.479 e. The third-order valence-corrected chi connectivity index (χ3v) is 5.07. The topological polar surface area (TPSA) is 46.5 Å². The molecule has 0 unspecified atom stereocenters. The predicted molar refractivity (Wildman–Crippen MR) is 59.0 cm³/mol. The van der Waals surface area contributed by atoms with Crippen molar-refractivity contribution in [2.75, 3.05) is 6.61 Å². The summed E-state index contributed by atoms with van der Waals surface area (Å²) < 4.78 is 5.77. The van der Waals surface area contributed by atoms with Crippen LogP contribution in [0.2, 0.25) is 0 Å². The zero-order valence-electron chi connectivity index (χ0n) is 9.82. The molecule has 4 fully saturated rings. The lowest BCUT2D eigenvalue weighted by molar-refractivity contribution is -0.219. The molecule has 0 aromatic rings. The molecule has 0 spiro atoms. The molecule has 0 saturated heterocycles. The number of hydrogen-bond acceptors (Lipinski definition) is 2. The fourth-order valence-corrected chi connectivity index (χ4v) is 4.77. The number of hydrogen-bond donors (Lipinski definition) is 1. The third-order valence-electron chi connectivity index (χ3n) is 5.07. The second kappa shape index (κ2) is 3.46. The first-order valence-corrected chi connectivity index (χ1v) is 6.54. The summed E-state index contributed by atoms with van der Waals surface area (Å²) >= 11 is 0. The normalized spacial score (nSPS) is 49.6. The van der Waals surface area contributed by atoms with Crippen LogP contribution in [0, 0.1) is 23.7 Å². The van der Waals surface area contributed by atoms with Gasteiger partial charge in [0.05, 0.1) is 0 Å². The van der Waals surface area contributed by atoms with Crippen molar-refractivity contribution in [2.24, 2.45) is 23.7 Å². The highest BCUT2D eigenvalue weighted by molar-refractivity contribution is 5.79. The first-order valence-electron chi connectivity index (χ1n) is 6.54. The zero-order valence-corrected chi connectivity index (χ0v) is 9.82. The van der Waals surface area contributed by atoms with Crippen LogP contribution in [0.5, 0.6) is 0 Å². The molecule has 3 nitrogen and oxygen atoms in total. The minimum absolute atomic E-state index is 0.279. The monoisotopic (exact) mass is 224 g/mol. The lowest BCUT2D eigenvalue weighted by atomic mass is 9.49. The lowest BCUT2D eigenvalue weighted by Gasteiger charge is -2.58. The van der Waals surface area contributed by atoms with Crippen LogP contribution < -0.4 is 0 Å². The highest BCUT2D eigenvalue weighted by Crippen LogP contribution is 2.59. The predicted octanol–water partition coefficient (Wildman–Crippen LogP) is 2.30. The quantitative estimate of drug-likeness (QED) is 0.800. The van der Waals surface area contributed by atoms with Crippen LogP contribution in [0.1, 0.15) is 39.0 Å². The molecule has 4 bridgehead atoms. The van der Waals surface area contributed by atoms with Gasteiger partial charge in [-0.2, -0.15) is 0 Å². The first kappa shape index (κ1) is 10.6. The molecule has 0 radical (unpaired) electrons. The second-order valence-electron chi connectivity index (χ2n) is 5.84. The van der Waals surface area contributed by atoms with E-state index in [0.29, 0.717) is 6.61 Å². The van der Waals surface area contributed by atoms with Crippen molar-refractivity contribution in [3.05, 3.63) is 0 Å².